The number of anilines is 3. The van der Waals surface area contributed by atoms with Crippen LogP contribution in [0.5, 0.6) is 0 Å². The van der Waals surface area contributed by atoms with Gasteiger partial charge >= 0.3 is 0 Å². The molecule has 15 nitrogen and oxygen atoms in total. The van der Waals surface area contributed by atoms with E-state index in [4.69, 9.17) is 5.10 Å². The van der Waals surface area contributed by atoms with Gasteiger partial charge in [0.05, 0.1) is 29.9 Å². The molecule has 4 aromatic rings. The van der Waals surface area contributed by atoms with E-state index in [0.717, 1.165) is 104 Å². The molecule has 2 N–H and O–H groups in total. The fraction of sp³-hybridized carbons (Fsp3) is 0.500. The molecule has 2 saturated heterocycles. The minimum absolute atomic E-state index is 0.0118. The van der Waals surface area contributed by atoms with Gasteiger partial charge in [0, 0.05) is 99.5 Å². The average Bonchev–Trinajstić information content (AvgIpc) is 3.96. The van der Waals surface area contributed by atoms with Gasteiger partial charge in [0.15, 0.2) is 5.82 Å². The largest absolute Gasteiger partial charge is 0.384 e. The molecule has 0 bridgehead atoms. The predicted octanol–water partition coefficient (Wildman–Crippen LogP) is 5.92. The second-order valence-corrected chi connectivity index (χ2v) is 17.5. The van der Waals surface area contributed by atoms with E-state index >= 15 is 0 Å². The third kappa shape index (κ3) is 8.22. The van der Waals surface area contributed by atoms with E-state index in [-0.39, 0.29) is 41.5 Å². The van der Waals surface area contributed by atoms with Crippen LogP contribution in [0.25, 0.3) is 11.1 Å². The van der Waals surface area contributed by atoms with E-state index in [1.54, 1.807) is 55.3 Å². The number of unbranched alkanes of at least 4 members (excludes halogenated alkanes) is 3. The summed E-state index contributed by atoms with van der Waals surface area (Å²) in [6.07, 6.45) is 9.12. The van der Waals surface area contributed by atoms with Crippen LogP contribution in [0, 0.1) is 0 Å². The summed E-state index contributed by atoms with van der Waals surface area (Å²) in [4.78, 5) is 70.8. The molecule has 63 heavy (non-hydrogen) atoms. The number of rotatable bonds is 13. The fourth-order valence-corrected chi connectivity index (χ4v) is 10.2. The lowest BCUT2D eigenvalue weighted by Crippen LogP contribution is -2.54. The summed E-state index contributed by atoms with van der Waals surface area (Å²) >= 11 is 0. The maximum atomic E-state index is 14.7. The Bertz CT molecular complexity index is 2460. The number of likely N-dealkylation sites (tertiary alicyclic amines) is 1. The summed E-state index contributed by atoms with van der Waals surface area (Å²) in [7, 11) is 1.78. The van der Waals surface area contributed by atoms with E-state index in [9.17, 15) is 32.8 Å². The van der Waals surface area contributed by atoms with Crippen LogP contribution < -0.4 is 15.5 Å². The number of piperidine rings is 2. The highest BCUT2D eigenvalue weighted by Crippen LogP contribution is 2.44. The van der Waals surface area contributed by atoms with Crippen LogP contribution in [0.1, 0.15) is 120 Å². The average molecular weight is 865 g/mol. The first-order chi connectivity index (χ1) is 30.5. The number of hydrogen-bond acceptors (Lipinski definition) is 10. The lowest BCUT2D eigenvalue weighted by Gasteiger charge is -2.34. The maximum absolute atomic E-state index is 14.7. The number of amides is 5. The quantitative estimate of drug-likeness (QED) is 0.122. The number of alkyl halides is 2. The molecule has 0 spiro atoms. The minimum Gasteiger partial charge on any atom is -0.384 e. The molecule has 2 aromatic heterocycles. The molecule has 0 saturated carbocycles. The van der Waals surface area contributed by atoms with Crippen molar-refractivity contribution in [2.24, 2.45) is 7.05 Å². The van der Waals surface area contributed by atoms with Crippen molar-refractivity contribution < 1.29 is 32.8 Å². The molecule has 7 heterocycles. The smallest absolute Gasteiger partial charge is 0.264 e. The number of fused-ring (bicyclic) bond motifs is 3. The molecular weight excluding hydrogens is 811 g/mol. The minimum atomic E-state index is -2.66. The van der Waals surface area contributed by atoms with Gasteiger partial charge in [-0.25, -0.2) is 8.78 Å². The monoisotopic (exact) mass is 864 g/mol. The van der Waals surface area contributed by atoms with Gasteiger partial charge in [0.2, 0.25) is 17.7 Å². The molecule has 2 fully saturated rings. The molecule has 1 unspecified atom stereocenters. The molecule has 5 amide bonds. The normalized spacial score (nSPS) is 19.4. The summed E-state index contributed by atoms with van der Waals surface area (Å²) in [5.41, 5.74) is 6.18. The highest BCUT2D eigenvalue weighted by atomic mass is 19.3. The van der Waals surface area contributed by atoms with Crippen molar-refractivity contribution >= 4 is 46.7 Å². The Labute approximate surface area is 364 Å². The number of nitrogens with zero attached hydrogens (tertiary/aromatic N) is 8. The zero-order chi connectivity index (χ0) is 43.9. The van der Waals surface area contributed by atoms with Crippen LogP contribution in [0.2, 0.25) is 0 Å². The van der Waals surface area contributed by atoms with Crippen molar-refractivity contribution in [3.63, 3.8) is 0 Å². The number of halogens is 2. The van der Waals surface area contributed by atoms with Gasteiger partial charge in [-0.15, -0.1) is 0 Å². The number of benzene rings is 2. The van der Waals surface area contributed by atoms with Gasteiger partial charge in [-0.1, -0.05) is 18.9 Å². The van der Waals surface area contributed by atoms with Crippen molar-refractivity contribution in [3.05, 3.63) is 76.2 Å². The number of carbonyl (C=O) groups excluding carboxylic acids is 5. The molecule has 0 radical (unpaired) electrons. The SMILES string of the molecule is CC(=O)N1CCc2c(c(N3CCCc4cc(-c5cnn(C)c5)c(C(F)F)cc43)nn2C2CCN(CCCCCCNc3cccc4c3C(=O)N(C3CCC(=O)NC3=O)C4=O)CC2)C1. The lowest BCUT2D eigenvalue weighted by atomic mass is 9.92. The second kappa shape index (κ2) is 17.7. The highest BCUT2D eigenvalue weighted by Gasteiger charge is 2.45. The maximum Gasteiger partial charge on any atom is 0.264 e. The first-order valence-electron chi connectivity index (χ1n) is 22.3. The molecule has 332 valence electrons. The molecule has 9 rings (SSSR count). The van der Waals surface area contributed by atoms with E-state index in [1.165, 1.54) is 0 Å². The number of hydrogen-bond donors (Lipinski definition) is 2. The molecule has 0 aliphatic carbocycles. The first-order valence-corrected chi connectivity index (χ1v) is 22.3. The van der Waals surface area contributed by atoms with Gasteiger partial charge in [0.25, 0.3) is 18.2 Å². The standard InChI is InChI=1S/C46H54F2N10O5/c1-28(59)55-22-16-37-35(27-55)43(56-19-8-9-29-23-33(30-25-50-53(2)26-30)34(42(47)48)24-39(29)56)52-58(37)31-14-20-54(21-15-31)18-6-4-3-5-17-49-36-11-7-10-32-41(36)46(63)57(45(32)62)38-12-13-40(60)51-44(38)61/h7,10-11,23-26,31,38,42,49H,3-6,8-9,12-22,27H2,1-2H3,(H,51,60,61). The summed E-state index contributed by atoms with van der Waals surface area (Å²) in [6.45, 7) is 6.83. The Morgan fingerprint density at radius 1 is 0.937 bits per heavy atom. The predicted molar refractivity (Wildman–Crippen MR) is 231 cm³/mol. The summed E-state index contributed by atoms with van der Waals surface area (Å²) in [5.74, 6) is -1.27. The van der Waals surface area contributed by atoms with Crippen LogP contribution in [0.4, 0.5) is 26.0 Å². The van der Waals surface area contributed by atoms with Gasteiger partial charge in [0.1, 0.15) is 6.04 Å². The van der Waals surface area contributed by atoms with Crippen LogP contribution in [0.15, 0.2) is 42.7 Å². The van der Waals surface area contributed by atoms with Crippen molar-refractivity contribution in [1.82, 2.24) is 39.6 Å². The van der Waals surface area contributed by atoms with Crippen LogP contribution in [-0.2, 0) is 40.8 Å². The molecule has 1 atom stereocenters. The lowest BCUT2D eigenvalue weighted by molar-refractivity contribution is -0.136. The van der Waals surface area contributed by atoms with Crippen LogP contribution in [-0.4, -0.2) is 109 Å². The summed E-state index contributed by atoms with van der Waals surface area (Å²) in [6, 6.07) is 7.86. The number of aryl methyl sites for hydroxylation is 2. The third-order valence-corrected chi connectivity index (χ3v) is 13.5. The van der Waals surface area contributed by atoms with Crippen molar-refractivity contribution in [3.8, 4) is 11.1 Å². The highest BCUT2D eigenvalue weighted by molar-refractivity contribution is 6.25. The Hall–Kier alpha value is -5.97. The second-order valence-electron chi connectivity index (χ2n) is 17.5. The van der Waals surface area contributed by atoms with E-state index < -0.39 is 36.1 Å². The fourth-order valence-electron chi connectivity index (χ4n) is 10.2. The Morgan fingerprint density at radius 2 is 1.75 bits per heavy atom. The topological polar surface area (TPSA) is 158 Å². The molecular formula is C46H54F2N10O5. The zero-order valence-electron chi connectivity index (χ0n) is 35.9. The van der Waals surface area contributed by atoms with E-state index in [2.05, 4.69) is 30.2 Å². The Balaban J connectivity index is 0.800. The van der Waals surface area contributed by atoms with Crippen molar-refractivity contribution in [2.45, 2.75) is 103 Å². The van der Waals surface area contributed by atoms with Gasteiger partial charge in [-0.2, -0.15) is 10.2 Å². The van der Waals surface area contributed by atoms with E-state index in [1.807, 2.05) is 11.0 Å². The van der Waals surface area contributed by atoms with E-state index in [0.29, 0.717) is 49.4 Å². The zero-order valence-corrected chi connectivity index (χ0v) is 35.9. The molecule has 17 heteroatoms. The number of aromatic nitrogens is 4. The first kappa shape index (κ1) is 42.3. The number of imide groups is 2. The molecule has 5 aliphatic rings. The van der Waals surface area contributed by atoms with Crippen LogP contribution in [0.3, 0.4) is 0 Å². The Kier molecular flexibility index (Phi) is 11.9. The van der Waals surface area contributed by atoms with Crippen molar-refractivity contribution in [2.75, 3.05) is 49.5 Å². The third-order valence-electron chi connectivity index (χ3n) is 13.5. The number of nitrogens with one attached hydrogen (secondary N) is 2. The summed E-state index contributed by atoms with van der Waals surface area (Å²) < 4.78 is 33.2. The van der Waals surface area contributed by atoms with Crippen LogP contribution >= 0.6 is 0 Å². The van der Waals surface area contributed by atoms with Gasteiger partial charge in [-0.3, -0.25) is 43.6 Å². The number of carbonyl (C=O) groups is 5. The van der Waals surface area contributed by atoms with Crippen molar-refractivity contribution in [1.29, 1.82) is 0 Å². The molecule has 2 aromatic carbocycles. The molecule has 5 aliphatic heterocycles. The van der Waals surface area contributed by atoms with Gasteiger partial charge in [-0.05, 0) is 86.9 Å². The Morgan fingerprint density at radius 3 is 2.49 bits per heavy atom. The summed E-state index contributed by atoms with van der Waals surface area (Å²) in [5, 5.41) is 15.1. The van der Waals surface area contributed by atoms with Gasteiger partial charge < -0.3 is 20.0 Å².